The average Bonchev–Trinajstić information content (AvgIpc) is 2.59. The Kier molecular flexibility index (Phi) is 5.63. The van der Waals surface area contributed by atoms with Gasteiger partial charge >= 0.3 is 0 Å². The Morgan fingerprint density at radius 3 is 2.42 bits per heavy atom. The Morgan fingerprint density at radius 2 is 1.81 bits per heavy atom. The van der Waals surface area contributed by atoms with Crippen LogP contribution in [-0.4, -0.2) is 27.5 Å². The van der Waals surface area contributed by atoms with Crippen molar-refractivity contribution in [2.24, 2.45) is 0 Å². The van der Waals surface area contributed by atoms with Gasteiger partial charge in [-0.15, -0.1) is 0 Å². The highest BCUT2D eigenvalue weighted by molar-refractivity contribution is 7.92. The number of anilines is 1. The quantitative estimate of drug-likeness (QED) is 0.652. The molecule has 0 amide bonds. The lowest BCUT2D eigenvalue weighted by Gasteiger charge is -2.15. The molecule has 0 aliphatic rings. The number of hydrogen-bond acceptors (Lipinski definition) is 7. The molecule has 136 valence electrons. The number of carbonyl (C=O) groups is 2. The van der Waals surface area contributed by atoms with Gasteiger partial charge in [0.2, 0.25) is 0 Å². The number of sulfonamides is 1. The summed E-state index contributed by atoms with van der Waals surface area (Å²) in [7, 11) is -2.97. The maximum atomic E-state index is 12.7. The first-order chi connectivity index (χ1) is 12.2. The van der Waals surface area contributed by atoms with E-state index >= 15 is 0 Å². The minimum Gasteiger partial charge on any atom is -0.545 e. The summed E-state index contributed by atoms with van der Waals surface area (Å²) in [6, 6.07) is 9.33. The normalized spacial score (nSPS) is 11.3. The second-order valence-electron chi connectivity index (χ2n) is 5.00. The van der Waals surface area contributed by atoms with Gasteiger partial charge in [-0.1, -0.05) is 30.3 Å². The third-order valence-corrected chi connectivity index (χ3v) is 4.67. The number of benzene rings is 2. The number of aromatic carboxylic acids is 1. The molecule has 0 spiro atoms. The number of carboxylic acids is 2. The highest BCUT2D eigenvalue weighted by atomic mass is 32.2. The highest BCUT2D eigenvalue weighted by Crippen LogP contribution is 2.28. The fourth-order valence-corrected chi connectivity index (χ4v) is 3.41. The maximum Gasteiger partial charge on any atom is 0.265 e. The monoisotopic (exact) mass is 375 g/mol. The van der Waals surface area contributed by atoms with Gasteiger partial charge in [-0.3, -0.25) is 4.72 Å². The van der Waals surface area contributed by atoms with E-state index in [4.69, 9.17) is 4.74 Å². The molecule has 9 heteroatoms. The Bertz CT molecular complexity index is 980. The highest BCUT2D eigenvalue weighted by Gasteiger charge is 2.21. The Morgan fingerprint density at radius 1 is 1.12 bits per heavy atom. The van der Waals surface area contributed by atoms with Crippen molar-refractivity contribution in [3.63, 3.8) is 0 Å². The fraction of sp³-hybridized carbons (Fsp3) is 0.0588. The zero-order chi connectivity index (χ0) is 19.3. The van der Waals surface area contributed by atoms with Crippen LogP contribution in [0, 0.1) is 0 Å². The van der Waals surface area contributed by atoms with Gasteiger partial charge in [0.25, 0.3) is 10.0 Å². The van der Waals surface area contributed by atoms with E-state index in [0.29, 0.717) is 0 Å². The molecule has 1 N–H and O–H groups in total. The van der Waals surface area contributed by atoms with E-state index in [1.54, 1.807) is 0 Å². The third kappa shape index (κ3) is 4.39. The molecule has 0 unspecified atom stereocenters. The Balaban J connectivity index is 2.50. The number of ether oxygens (including phenoxy) is 1. The molecule has 0 aliphatic carbocycles. The summed E-state index contributed by atoms with van der Waals surface area (Å²) in [5.41, 5.74) is -0.239. The molecule has 0 saturated heterocycles. The van der Waals surface area contributed by atoms with Gasteiger partial charge in [0.1, 0.15) is 10.6 Å². The third-order valence-electron chi connectivity index (χ3n) is 3.28. The van der Waals surface area contributed by atoms with E-state index in [1.165, 1.54) is 49.6 Å². The number of aliphatic carboxylic acids is 1. The second-order valence-corrected chi connectivity index (χ2v) is 6.65. The summed E-state index contributed by atoms with van der Waals surface area (Å²) >= 11 is 0. The Hall–Kier alpha value is -3.33. The van der Waals surface area contributed by atoms with E-state index in [0.717, 1.165) is 12.2 Å². The molecule has 2 rings (SSSR count). The molecule has 0 heterocycles. The molecule has 0 aliphatic heterocycles. The summed E-state index contributed by atoms with van der Waals surface area (Å²) in [6.07, 6.45) is 1.90. The number of rotatable bonds is 7. The first-order valence-electron chi connectivity index (χ1n) is 7.15. The molecule has 0 saturated carbocycles. The smallest absolute Gasteiger partial charge is 0.265 e. The number of methoxy groups -OCH3 is 1. The lowest BCUT2D eigenvalue weighted by atomic mass is 10.2. The number of para-hydroxylation sites is 1. The van der Waals surface area contributed by atoms with Crippen LogP contribution >= 0.6 is 0 Å². The predicted molar refractivity (Wildman–Crippen MR) is 88.6 cm³/mol. The number of carbonyl (C=O) groups excluding carboxylic acids is 2. The van der Waals surface area contributed by atoms with E-state index in [-0.39, 0.29) is 27.5 Å². The lowest BCUT2D eigenvalue weighted by molar-refractivity contribution is -0.297. The second kappa shape index (κ2) is 7.70. The van der Waals surface area contributed by atoms with Crippen LogP contribution in [0.4, 0.5) is 5.69 Å². The molecule has 0 atom stereocenters. The maximum absolute atomic E-state index is 12.7. The molecule has 8 nitrogen and oxygen atoms in total. The van der Waals surface area contributed by atoms with Crippen molar-refractivity contribution in [3.8, 4) is 5.75 Å². The minimum atomic E-state index is -4.24. The summed E-state index contributed by atoms with van der Waals surface area (Å²) in [5.74, 6) is -2.99. The molecule has 0 bridgehead atoms. The number of hydrogen-bond donors (Lipinski definition) is 1. The van der Waals surface area contributed by atoms with E-state index < -0.39 is 22.0 Å². The summed E-state index contributed by atoms with van der Waals surface area (Å²) in [4.78, 5) is 21.3. The lowest BCUT2D eigenvalue weighted by Crippen LogP contribution is -2.25. The van der Waals surface area contributed by atoms with Crippen molar-refractivity contribution in [2.45, 2.75) is 4.90 Å². The predicted octanol–water partition coefficient (Wildman–Crippen LogP) is -0.377. The van der Waals surface area contributed by atoms with Crippen molar-refractivity contribution in [1.82, 2.24) is 0 Å². The van der Waals surface area contributed by atoms with Crippen molar-refractivity contribution >= 4 is 33.7 Å². The molecular formula is C17H13NO7S-2. The molecule has 0 fully saturated rings. The van der Waals surface area contributed by atoms with Gasteiger partial charge in [0.05, 0.1) is 24.7 Å². The number of nitrogens with one attached hydrogen (secondary N) is 1. The molecule has 2 aromatic carbocycles. The van der Waals surface area contributed by atoms with Crippen molar-refractivity contribution in [1.29, 1.82) is 0 Å². The Labute approximate surface area is 149 Å². The van der Waals surface area contributed by atoms with Gasteiger partial charge in [0.15, 0.2) is 0 Å². The molecule has 26 heavy (non-hydrogen) atoms. The standard InChI is InChI=1S/C17H15NO7S/c1-25-14-8-6-11(7-9-16(19)20)10-15(14)26(23,24)18-13-5-3-2-4-12(13)17(21)22/h2-10,18H,1H3,(H,19,20)(H,21,22)/p-2. The average molecular weight is 375 g/mol. The van der Waals surface area contributed by atoms with Crippen molar-refractivity contribution < 1.29 is 33.0 Å². The summed E-state index contributed by atoms with van der Waals surface area (Å²) in [6.45, 7) is 0. The van der Waals surface area contributed by atoms with Gasteiger partial charge in [-0.2, -0.15) is 0 Å². The van der Waals surface area contributed by atoms with Gasteiger partial charge < -0.3 is 24.5 Å². The molecule has 0 aromatic heterocycles. The van der Waals surface area contributed by atoms with Crippen LogP contribution in [0.3, 0.4) is 0 Å². The van der Waals surface area contributed by atoms with Crippen LogP contribution in [0.15, 0.2) is 53.4 Å². The molecule has 0 radical (unpaired) electrons. The van der Waals surface area contributed by atoms with E-state index in [1.807, 2.05) is 0 Å². The topological polar surface area (TPSA) is 136 Å². The summed E-state index contributed by atoms with van der Waals surface area (Å²) < 4.78 is 32.6. The van der Waals surface area contributed by atoms with Crippen LogP contribution in [-0.2, 0) is 14.8 Å². The van der Waals surface area contributed by atoms with Gasteiger partial charge in [-0.05, 0) is 29.8 Å². The van der Waals surface area contributed by atoms with Crippen molar-refractivity contribution in [2.75, 3.05) is 11.8 Å². The zero-order valence-electron chi connectivity index (χ0n) is 13.5. The van der Waals surface area contributed by atoms with Gasteiger partial charge in [-0.25, -0.2) is 8.42 Å². The van der Waals surface area contributed by atoms with Crippen molar-refractivity contribution in [3.05, 3.63) is 59.7 Å². The van der Waals surface area contributed by atoms with Crippen LogP contribution in [0.5, 0.6) is 5.75 Å². The first kappa shape index (κ1) is 19.0. The SMILES string of the molecule is COc1ccc(C=CC(=O)[O-])cc1S(=O)(=O)Nc1ccccc1C(=O)[O-]. The van der Waals surface area contributed by atoms with Crippen LogP contribution < -0.4 is 19.7 Å². The minimum absolute atomic E-state index is 0.00553. The van der Waals surface area contributed by atoms with E-state index in [9.17, 15) is 28.2 Å². The fourth-order valence-electron chi connectivity index (χ4n) is 2.12. The summed E-state index contributed by atoms with van der Waals surface area (Å²) in [5, 5.41) is 21.6. The number of carboxylic acid groups (broad SMARTS) is 2. The zero-order valence-corrected chi connectivity index (χ0v) is 14.3. The van der Waals surface area contributed by atoms with Gasteiger partial charge in [0, 0.05) is 5.56 Å². The molecule has 2 aromatic rings. The largest absolute Gasteiger partial charge is 0.545 e. The van der Waals surface area contributed by atoms with Crippen LogP contribution in [0.25, 0.3) is 6.08 Å². The van der Waals surface area contributed by atoms with Crippen LogP contribution in [0.1, 0.15) is 15.9 Å². The van der Waals surface area contributed by atoms with Crippen LogP contribution in [0.2, 0.25) is 0 Å². The molecular weight excluding hydrogens is 362 g/mol. The first-order valence-corrected chi connectivity index (χ1v) is 8.63. The van der Waals surface area contributed by atoms with E-state index in [2.05, 4.69) is 4.72 Å².